The van der Waals surface area contributed by atoms with Gasteiger partial charge in [0.2, 0.25) is 21.9 Å². The molecular formula is C27H33F3N6O4SSi. The first-order valence-corrected chi connectivity index (χ1v) is 18.6. The lowest BCUT2D eigenvalue weighted by Crippen LogP contribution is -2.37. The average Bonchev–Trinajstić information content (AvgIpc) is 3.45. The highest BCUT2D eigenvalue weighted by atomic mass is 32.2. The minimum Gasteiger partial charge on any atom is -0.457 e. The largest absolute Gasteiger partial charge is 0.457 e. The molecule has 0 bridgehead atoms. The van der Waals surface area contributed by atoms with Crippen LogP contribution < -0.4 is 9.04 Å². The van der Waals surface area contributed by atoms with E-state index in [9.17, 15) is 21.6 Å². The molecule has 0 spiro atoms. The summed E-state index contributed by atoms with van der Waals surface area (Å²) in [6, 6.07) is 9.63. The van der Waals surface area contributed by atoms with Crippen LogP contribution >= 0.6 is 0 Å². The Morgan fingerprint density at radius 1 is 1.07 bits per heavy atom. The number of halogens is 3. The van der Waals surface area contributed by atoms with Crippen molar-refractivity contribution in [2.24, 2.45) is 0 Å². The first kappa shape index (κ1) is 31.4. The molecule has 0 saturated carbocycles. The molecule has 4 aromatic rings. The summed E-state index contributed by atoms with van der Waals surface area (Å²) >= 11 is 0. The van der Waals surface area contributed by atoms with Crippen molar-refractivity contribution >= 4 is 34.9 Å². The van der Waals surface area contributed by atoms with Crippen LogP contribution in [0.1, 0.15) is 25.0 Å². The number of ether oxygens (including phenoxy) is 2. The number of anilines is 1. The van der Waals surface area contributed by atoms with Gasteiger partial charge in [0.15, 0.2) is 0 Å². The van der Waals surface area contributed by atoms with E-state index < -0.39 is 43.0 Å². The zero-order valence-corrected chi connectivity index (χ0v) is 25.6. The van der Waals surface area contributed by atoms with Crippen molar-refractivity contribution in [3.05, 3.63) is 66.9 Å². The lowest BCUT2D eigenvalue weighted by atomic mass is 10.1. The molecule has 1 aromatic carbocycles. The first-order valence-electron chi connectivity index (χ1n) is 13.3. The Morgan fingerprint density at radius 3 is 2.40 bits per heavy atom. The molecule has 10 nitrogen and oxygen atoms in total. The fourth-order valence-electron chi connectivity index (χ4n) is 3.95. The Morgan fingerprint density at radius 2 is 1.79 bits per heavy atom. The topological polar surface area (TPSA) is 112 Å². The molecule has 0 fully saturated rings. The number of sulfonamides is 1. The molecular weight excluding hydrogens is 589 g/mol. The Kier molecular flexibility index (Phi) is 9.52. The highest BCUT2D eigenvalue weighted by molar-refractivity contribution is 7.92. The van der Waals surface area contributed by atoms with Crippen LogP contribution in [0.5, 0.6) is 5.88 Å². The van der Waals surface area contributed by atoms with Gasteiger partial charge in [-0.1, -0.05) is 38.7 Å². The number of alkyl halides is 3. The molecule has 0 radical (unpaired) electrons. The maximum Gasteiger partial charge on any atom is 0.429 e. The van der Waals surface area contributed by atoms with E-state index in [1.807, 2.05) is 0 Å². The van der Waals surface area contributed by atoms with E-state index in [1.165, 1.54) is 35.4 Å². The number of rotatable bonds is 13. The van der Waals surface area contributed by atoms with E-state index in [2.05, 4.69) is 39.6 Å². The van der Waals surface area contributed by atoms with Gasteiger partial charge < -0.3 is 9.47 Å². The molecule has 226 valence electrons. The van der Waals surface area contributed by atoms with Gasteiger partial charge in [-0.2, -0.15) is 13.2 Å². The fourth-order valence-corrected chi connectivity index (χ4v) is 6.06. The summed E-state index contributed by atoms with van der Waals surface area (Å²) in [5, 5.41) is 0. The van der Waals surface area contributed by atoms with E-state index in [-0.39, 0.29) is 47.0 Å². The molecule has 3 aromatic heterocycles. The molecule has 0 amide bonds. The van der Waals surface area contributed by atoms with E-state index in [4.69, 9.17) is 9.47 Å². The van der Waals surface area contributed by atoms with Crippen LogP contribution in [0.2, 0.25) is 25.7 Å². The van der Waals surface area contributed by atoms with Gasteiger partial charge >= 0.3 is 6.18 Å². The number of nitrogens with zero attached hydrogens (tertiary/aromatic N) is 6. The first-order chi connectivity index (χ1) is 19.8. The number of aromatic nitrogens is 5. The maximum absolute atomic E-state index is 14.6. The third-order valence-electron chi connectivity index (χ3n) is 6.13. The van der Waals surface area contributed by atoms with Crippen molar-refractivity contribution in [1.29, 1.82) is 0 Å². The number of fused-ring (bicyclic) bond motifs is 1. The van der Waals surface area contributed by atoms with Gasteiger partial charge in [-0.15, -0.1) is 0 Å². The predicted molar refractivity (Wildman–Crippen MR) is 156 cm³/mol. The molecule has 0 aliphatic heterocycles. The highest BCUT2D eigenvalue weighted by Crippen LogP contribution is 2.40. The van der Waals surface area contributed by atoms with Crippen molar-refractivity contribution in [2.45, 2.75) is 51.3 Å². The molecule has 3 heterocycles. The molecule has 0 N–H and O–H groups in total. The SMILES string of the molecule is CCCS(=O)(=O)N(COCC[Si](C)(C)C)c1nc2ccccc2nc1OC(c1ccnc(-n2ccnc2)c1)C(F)(F)F. The van der Waals surface area contributed by atoms with Gasteiger partial charge in [-0.05, 0) is 36.7 Å². The van der Waals surface area contributed by atoms with Crippen LogP contribution in [0.25, 0.3) is 16.9 Å². The van der Waals surface area contributed by atoms with E-state index in [0.717, 1.165) is 10.3 Å². The van der Waals surface area contributed by atoms with Gasteiger partial charge in [0.25, 0.3) is 5.88 Å². The van der Waals surface area contributed by atoms with Crippen LogP contribution in [0.15, 0.2) is 61.3 Å². The Bertz CT molecular complexity index is 1600. The van der Waals surface area contributed by atoms with Crippen LogP contribution in [0.3, 0.4) is 0 Å². The Balaban J connectivity index is 1.81. The molecule has 0 saturated heterocycles. The number of imidazole rings is 1. The van der Waals surface area contributed by atoms with Gasteiger partial charge in [-0.25, -0.2) is 32.7 Å². The van der Waals surface area contributed by atoms with Crippen LogP contribution in [0, 0.1) is 0 Å². The zero-order valence-electron chi connectivity index (χ0n) is 23.7. The molecule has 1 atom stereocenters. The second-order valence-electron chi connectivity index (χ2n) is 10.8. The highest BCUT2D eigenvalue weighted by Gasteiger charge is 2.45. The number of benzene rings is 1. The third-order valence-corrected chi connectivity index (χ3v) is 9.71. The van der Waals surface area contributed by atoms with Crippen molar-refractivity contribution in [3.63, 3.8) is 0 Å². The maximum atomic E-state index is 14.6. The van der Waals surface area contributed by atoms with Gasteiger partial charge in [-0.3, -0.25) is 4.57 Å². The lowest BCUT2D eigenvalue weighted by molar-refractivity contribution is -0.198. The average molecular weight is 623 g/mol. The van der Waals surface area contributed by atoms with Crippen molar-refractivity contribution in [1.82, 2.24) is 24.5 Å². The number of para-hydroxylation sites is 2. The molecule has 42 heavy (non-hydrogen) atoms. The standard InChI is InChI=1S/C27H33F3N6O4SSi/c1-5-15-41(37,38)36(19-39-14-16-42(2,3)4)25-26(34-22-9-7-6-8-21(22)33-25)40-24(27(28,29)30)20-10-11-32-23(17-20)35-13-12-31-18-35/h6-13,17-18,24H,5,14-16,19H2,1-4H3. The van der Waals surface area contributed by atoms with E-state index >= 15 is 0 Å². The number of hydrogen-bond acceptors (Lipinski definition) is 8. The Labute approximate surface area is 243 Å². The molecule has 15 heteroatoms. The predicted octanol–water partition coefficient (Wildman–Crippen LogP) is 5.75. The van der Waals surface area contributed by atoms with Crippen molar-refractivity contribution in [2.75, 3.05) is 23.4 Å². The quantitative estimate of drug-likeness (QED) is 0.105. The smallest absolute Gasteiger partial charge is 0.429 e. The third kappa shape index (κ3) is 7.83. The van der Waals surface area contributed by atoms with Crippen LogP contribution in [-0.4, -0.2) is 66.3 Å². The second kappa shape index (κ2) is 12.7. The minimum atomic E-state index is -4.90. The zero-order chi connectivity index (χ0) is 30.5. The van der Waals surface area contributed by atoms with Gasteiger partial charge in [0.05, 0.1) is 16.8 Å². The summed E-state index contributed by atoms with van der Waals surface area (Å²) in [4.78, 5) is 16.8. The lowest BCUT2D eigenvalue weighted by Gasteiger charge is -2.27. The number of pyridine rings is 1. The molecule has 0 aliphatic carbocycles. The van der Waals surface area contributed by atoms with Crippen molar-refractivity contribution in [3.8, 4) is 11.7 Å². The van der Waals surface area contributed by atoms with E-state index in [0.29, 0.717) is 0 Å². The summed E-state index contributed by atoms with van der Waals surface area (Å²) < 4.78 is 84.2. The summed E-state index contributed by atoms with van der Waals surface area (Å²) in [6.45, 7) is 7.97. The monoisotopic (exact) mass is 622 g/mol. The minimum absolute atomic E-state index is 0.190. The summed E-state index contributed by atoms with van der Waals surface area (Å²) in [5.41, 5.74) is 0.253. The summed E-state index contributed by atoms with van der Waals surface area (Å²) in [7, 11) is -5.57. The summed E-state index contributed by atoms with van der Waals surface area (Å²) in [5.74, 6) is -1.06. The molecule has 0 aliphatic rings. The Hall–Kier alpha value is -3.56. The second-order valence-corrected chi connectivity index (χ2v) is 18.4. The normalized spacial score (nSPS) is 13.3. The van der Waals surface area contributed by atoms with E-state index in [1.54, 1.807) is 37.4 Å². The summed E-state index contributed by atoms with van der Waals surface area (Å²) in [6.07, 6.45) is -1.50. The van der Waals surface area contributed by atoms with Crippen LogP contribution in [-0.2, 0) is 14.8 Å². The molecule has 4 rings (SSSR count). The van der Waals surface area contributed by atoms with Crippen molar-refractivity contribution < 1.29 is 31.1 Å². The van der Waals surface area contributed by atoms with Crippen LogP contribution in [0.4, 0.5) is 19.0 Å². The number of hydrogen-bond donors (Lipinski definition) is 0. The van der Waals surface area contributed by atoms with Gasteiger partial charge in [0, 0.05) is 38.8 Å². The fraction of sp³-hybridized carbons (Fsp3) is 0.407. The molecule has 1 unspecified atom stereocenters. The van der Waals surface area contributed by atoms with Gasteiger partial charge in [0.1, 0.15) is 18.9 Å².